The molecule has 0 radical (unpaired) electrons. The molecule has 0 amide bonds. The summed E-state index contributed by atoms with van der Waals surface area (Å²) in [4.78, 5) is 0. The molecule has 0 spiro atoms. The van der Waals surface area contributed by atoms with Crippen LogP contribution in [0.1, 0.15) is 36.8 Å². The first-order valence-electron chi connectivity index (χ1n) is 5.36. The van der Waals surface area contributed by atoms with Gasteiger partial charge < -0.3 is 5.73 Å². The first-order valence-corrected chi connectivity index (χ1v) is 5.73. The van der Waals surface area contributed by atoms with Gasteiger partial charge in [-0.2, -0.15) is 0 Å². The van der Waals surface area contributed by atoms with E-state index in [1.165, 1.54) is 18.2 Å². The quantitative estimate of drug-likeness (QED) is 0.860. The van der Waals surface area contributed by atoms with Gasteiger partial charge in [0, 0.05) is 16.1 Å². The molecule has 0 saturated heterocycles. The van der Waals surface area contributed by atoms with Gasteiger partial charge in [0.15, 0.2) is 0 Å². The van der Waals surface area contributed by atoms with Crippen LogP contribution in [0.25, 0.3) is 0 Å². The Morgan fingerprint density at radius 1 is 1.38 bits per heavy atom. The van der Waals surface area contributed by atoms with Crippen LogP contribution in [0.2, 0.25) is 5.02 Å². The van der Waals surface area contributed by atoms with Gasteiger partial charge in [0.2, 0.25) is 0 Å². The summed E-state index contributed by atoms with van der Waals surface area (Å²) in [7, 11) is 0. The first-order chi connectivity index (χ1) is 7.50. The van der Waals surface area contributed by atoms with Crippen molar-refractivity contribution in [3.05, 3.63) is 34.3 Å². The third kappa shape index (κ3) is 2.71. The molecule has 1 fully saturated rings. The zero-order chi connectivity index (χ0) is 11.8. The monoisotopic (exact) mass is 245 g/mol. The van der Waals surface area contributed by atoms with Gasteiger partial charge in [-0.1, -0.05) is 17.7 Å². The van der Waals surface area contributed by atoms with Crippen LogP contribution in [-0.4, -0.2) is 5.54 Å². The molecule has 1 aromatic rings. The molecule has 0 atom stereocenters. The summed E-state index contributed by atoms with van der Waals surface area (Å²) >= 11 is 5.96. The molecule has 0 unspecified atom stereocenters. The SMILES string of the molecule is NC1(CCc2cc(C(F)F)ccc2Cl)CC1. The van der Waals surface area contributed by atoms with Crippen LogP contribution in [0.5, 0.6) is 0 Å². The van der Waals surface area contributed by atoms with Gasteiger partial charge in [-0.15, -0.1) is 0 Å². The van der Waals surface area contributed by atoms with Gasteiger partial charge in [0.05, 0.1) is 0 Å². The van der Waals surface area contributed by atoms with Crippen molar-refractivity contribution in [2.24, 2.45) is 5.73 Å². The van der Waals surface area contributed by atoms with Crippen LogP contribution in [0.3, 0.4) is 0 Å². The minimum Gasteiger partial charge on any atom is -0.325 e. The summed E-state index contributed by atoms with van der Waals surface area (Å²) in [6.45, 7) is 0. The van der Waals surface area contributed by atoms with Crippen molar-refractivity contribution >= 4 is 11.6 Å². The molecule has 1 aliphatic rings. The van der Waals surface area contributed by atoms with E-state index in [9.17, 15) is 8.78 Å². The summed E-state index contributed by atoms with van der Waals surface area (Å²) < 4.78 is 25.0. The lowest BCUT2D eigenvalue weighted by atomic mass is 10.0. The maximum absolute atomic E-state index is 12.5. The van der Waals surface area contributed by atoms with Crippen molar-refractivity contribution in [1.82, 2.24) is 0 Å². The summed E-state index contributed by atoms with van der Waals surface area (Å²) in [5.74, 6) is 0. The molecule has 2 rings (SSSR count). The molecule has 0 heterocycles. The number of alkyl halides is 2. The van der Waals surface area contributed by atoms with E-state index in [1.54, 1.807) is 0 Å². The van der Waals surface area contributed by atoms with E-state index in [0.717, 1.165) is 24.8 Å². The van der Waals surface area contributed by atoms with Gasteiger partial charge >= 0.3 is 0 Å². The summed E-state index contributed by atoms with van der Waals surface area (Å²) in [6.07, 6.45) is 1.11. The van der Waals surface area contributed by atoms with Crippen LogP contribution < -0.4 is 5.73 Å². The molecular weight excluding hydrogens is 232 g/mol. The molecule has 1 saturated carbocycles. The van der Waals surface area contributed by atoms with E-state index >= 15 is 0 Å². The second-order valence-electron chi connectivity index (χ2n) is 4.51. The maximum atomic E-state index is 12.5. The van der Waals surface area contributed by atoms with E-state index in [1.807, 2.05) is 0 Å². The molecular formula is C12H14ClF2N. The highest BCUT2D eigenvalue weighted by Crippen LogP contribution is 2.37. The van der Waals surface area contributed by atoms with E-state index in [0.29, 0.717) is 11.4 Å². The van der Waals surface area contributed by atoms with Crippen LogP contribution >= 0.6 is 11.6 Å². The van der Waals surface area contributed by atoms with E-state index in [2.05, 4.69) is 0 Å². The Hall–Kier alpha value is -0.670. The van der Waals surface area contributed by atoms with E-state index in [4.69, 9.17) is 17.3 Å². The molecule has 16 heavy (non-hydrogen) atoms. The normalized spacial score (nSPS) is 17.8. The maximum Gasteiger partial charge on any atom is 0.263 e. The molecule has 4 heteroatoms. The molecule has 88 valence electrons. The van der Waals surface area contributed by atoms with Crippen molar-refractivity contribution in [3.8, 4) is 0 Å². The summed E-state index contributed by atoms with van der Waals surface area (Å²) in [5.41, 5.74) is 6.69. The summed E-state index contributed by atoms with van der Waals surface area (Å²) in [5, 5.41) is 0.550. The van der Waals surface area contributed by atoms with Gasteiger partial charge in [0.25, 0.3) is 6.43 Å². The van der Waals surface area contributed by atoms with Crippen molar-refractivity contribution in [2.45, 2.75) is 37.6 Å². The highest BCUT2D eigenvalue weighted by molar-refractivity contribution is 6.31. The van der Waals surface area contributed by atoms with E-state index < -0.39 is 6.43 Å². The van der Waals surface area contributed by atoms with Crippen LogP contribution in [-0.2, 0) is 6.42 Å². The third-order valence-electron chi connectivity index (χ3n) is 3.11. The fourth-order valence-corrected chi connectivity index (χ4v) is 1.93. The number of aryl methyl sites for hydroxylation is 1. The number of nitrogens with two attached hydrogens (primary N) is 1. The largest absolute Gasteiger partial charge is 0.325 e. The predicted octanol–water partition coefficient (Wildman–Crippen LogP) is 3.70. The lowest BCUT2D eigenvalue weighted by Crippen LogP contribution is -2.22. The van der Waals surface area contributed by atoms with Gasteiger partial charge in [0.1, 0.15) is 0 Å². The number of halogens is 3. The molecule has 2 N–H and O–H groups in total. The average molecular weight is 246 g/mol. The Balaban J connectivity index is 2.09. The van der Waals surface area contributed by atoms with Gasteiger partial charge in [-0.25, -0.2) is 8.78 Å². The van der Waals surface area contributed by atoms with Crippen LogP contribution in [0, 0.1) is 0 Å². The van der Waals surface area contributed by atoms with Crippen LogP contribution in [0.15, 0.2) is 18.2 Å². The molecule has 0 bridgehead atoms. The Morgan fingerprint density at radius 2 is 2.06 bits per heavy atom. The smallest absolute Gasteiger partial charge is 0.263 e. The Labute approximate surface area is 98.6 Å². The minimum atomic E-state index is -2.44. The number of rotatable bonds is 4. The van der Waals surface area contributed by atoms with Crippen molar-refractivity contribution < 1.29 is 8.78 Å². The zero-order valence-electron chi connectivity index (χ0n) is 8.85. The Kier molecular flexibility index (Phi) is 3.17. The third-order valence-corrected chi connectivity index (χ3v) is 3.47. The fourth-order valence-electron chi connectivity index (χ4n) is 1.72. The Bertz CT molecular complexity index is 389. The highest BCUT2D eigenvalue weighted by Gasteiger charge is 2.37. The van der Waals surface area contributed by atoms with E-state index in [-0.39, 0.29) is 11.1 Å². The van der Waals surface area contributed by atoms with Crippen molar-refractivity contribution in [3.63, 3.8) is 0 Å². The van der Waals surface area contributed by atoms with Crippen LogP contribution in [0.4, 0.5) is 8.78 Å². The standard InChI is InChI=1S/C12H14ClF2N/c13-10-2-1-9(11(14)15)7-8(10)3-4-12(16)5-6-12/h1-2,7,11H,3-6,16H2. The first kappa shape index (κ1) is 11.8. The number of hydrogen-bond donors (Lipinski definition) is 1. The summed E-state index contributed by atoms with van der Waals surface area (Å²) in [6, 6.07) is 4.39. The number of hydrogen-bond acceptors (Lipinski definition) is 1. The molecule has 0 aliphatic heterocycles. The molecule has 0 aromatic heterocycles. The lowest BCUT2D eigenvalue weighted by molar-refractivity contribution is 0.151. The highest BCUT2D eigenvalue weighted by atomic mass is 35.5. The average Bonchev–Trinajstić information content (AvgIpc) is 2.95. The second kappa shape index (κ2) is 4.30. The Morgan fingerprint density at radius 3 is 2.62 bits per heavy atom. The van der Waals surface area contributed by atoms with Gasteiger partial charge in [-0.3, -0.25) is 0 Å². The minimum absolute atomic E-state index is 0.0290. The predicted molar refractivity (Wildman–Crippen MR) is 60.9 cm³/mol. The van der Waals surface area contributed by atoms with Gasteiger partial charge in [-0.05, 0) is 43.4 Å². The topological polar surface area (TPSA) is 26.0 Å². The van der Waals surface area contributed by atoms with Crippen molar-refractivity contribution in [1.29, 1.82) is 0 Å². The molecule has 1 aliphatic carbocycles. The van der Waals surface area contributed by atoms with Crippen molar-refractivity contribution in [2.75, 3.05) is 0 Å². The second-order valence-corrected chi connectivity index (χ2v) is 4.92. The molecule has 1 nitrogen and oxygen atoms in total. The molecule has 1 aromatic carbocycles. The number of benzene rings is 1. The zero-order valence-corrected chi connectivity index (χ0v) is 9.61. The lowest BCUT2D eigenvalue weighted by Gasteiger charge is -2.10. The fraction of sp³-hybridized carbons (Fsp3) is 0.500.